The van der Waals surface area contributed by atoms with Crippen molar-refractivity contribution >= 4 is 22.9 Å². The number of rotatable bonds is 2. The Morgan fingerprint density at radius 2 is 2.19 bits per heavy atom. The van der Waals surface area contributed by atoms with E-state index in [1.54, 1.807) is 6.07 Å². The van der Waals surface area contributed by atoms with Gasteiger partial charge in [0.05, 0.1) is 14.9 Å². The van der Waals surface area contributed by atoms with Crippen molar-refractivity contribution in [3.8, 4) is 10.6 Å². The standard InChI is InChI=1S/C11H11ClN2OS/c1-6(2)11-13-7(5-10(15)14-11)8-3-4-9(12)16-8/h3-6H,1-2H3,(H,13,14,15). The van der Waals surface area contributed by atoms with E-state index in [1.165, 1.54) is 17.4 Å². The molecule has 2 aromatic rings. The Bertz CT molecular complexity index is 559. The largest absolute Gasteiger partial charge is 0.310 e. The Kier molecular flexibility index (Phi) is 3.12. The molecule has 0 amide bonds. The van der Waals surface area contributed by atoms with Gasteiger partial charge in [-0.05, 0) is 12.1 Å². The molecule has 2 aromatic heterocycles. The van der Waals surface area contributed by atoms with Gasteiger partial charge in [-0.2, -0.15) is 0 Å². The first-order valence-corrected chi connectivity index (χ1v) is 6.12. The molecule has 84 valence electrons. The van der Waals surface area contributed by atoms with Gasteiger partial charge in [-0.25, -0.2) is 4.98 Å². The Morgan fingerprint density at radius 3 is 2.75 bits per heavy atom. The van der Waals surface area contributed by atoms with Gasteiger partial charge in [0.25, 0.3) is 5.56 Å². The topological polar surface area (TPSA) is 45.8 Å². The zero-order valence-corrected chi connectivity index (χ0v) is 10.5. The third-order valence-corrected chi connectivity index (χ3v) is 3.39. The lowest BCUT2D eigenvalue weighted by Crippen LogP contribution is -2.11. The summed E-state index contributed by atoms with van der Waals surface area (Å²) in [6, 6.07) is 5.17. The van der Waals surface area contributed by atoms with Crippen molar-refractivity contribution in [1.29, 1.82) is 0 Å². The van der Waals surface area contributed by atoms with E-state index in [4.69, 9.17) is 11.6 Å². The molecule has 0 spiro atoms. The van der Waals surface area contributed by atoms with Gasteiger partial charge in [0, 0.05) is 12.0 Å². The molecule has 0 fully saturated rings. The summed E-state index contributed by atoms with van der Waals surface area (Å²) in [5.41, 5.74) is 0.558. The summed E-state index contributed by atoms with van der Waals surface area (Å²) in [7, 11) is 0. The van der Waals surface area contributed by atoms with E-state index in [0.29, 0.717) is 15.9 Å². The first kappa shape index (κ1) is 11.4. The van der Waals surface area contributed by atoms with E-state index in [0.717, 1.165) is 4.88 Å². The fourth-order valence-electron chi connectivity index (χ4n) is 1.33. The molecule has 16 heavy (non-hydrogen) atoms. The average molecular weight is 255 g/mol. The molecule has 0 aliphatic carbocycles. The Labute approximate surface area is 102 Å². The molecule has 0 atom stereocenters. The summed E-state index contributed by atoms with van der Waals surface area (Å²) in [6.07, 6.45) is 0. The number of hydrogen-bond acceptors (Lipinski definition) is 3. The number of aromatic nitrogens is 2. The van der Waals surface area contributed by atoms with Crippen LogP contribution < -0.4 is 5.56 Å². The van der Waals surface area contributed by atoms with Gasteiger partial charge in [-0.3, -0.25) is 4.79 Å². The van der Waals surface area contributed by atoms with Crippen LogP contribution in [0.3, 0.4) is 0 Å². The number of aromatic amines is 1. The molecule has 0 saturated carbocycles. The van der Waals surface area contributed by atoms with E-state index in [1.807, 2.05) is 19.9 Å². The molecule has 5 heteroatoms. The zero-order chi connectivity index (χ0) is 11.7. The molecule has 0 radical (unpaired) electrons. The molecular formula is C11H11ClN2OS. The van der Waals surface area contributed by atoms with Gasteiger partial charge in [0.1, 0.15) is 5.82 Å². The smallest absolute Gasteiger partial charge is 0.251 e. The summed E-state index contributed by atoms with van der Waals surface area (Å²) in [5.74, 6) is 0.898. The maximum absolute atomic E-state index is 11.5. The number of halogens is 1. The molecule has 0 aliphatic heterocycles. The molecule has 0 saturated heterocycles. The van der Waals surface area contributed by atoms with Gasteiger partial charge >= 0.3 is 0 Å². The van der Waals surface area contributed by atoms with Crippen LogP contribution in [0.2, 0.25) is 4.34 Å². The van der Waals surface area contributed by atoms with Gasteiger partial charge in [0.15, 0.2) is 0 Å². The van der Waals surface area contributed by atoms with Crippen molar-refractivity contribution in [1.82, 2.24) is 9.97 Å². The molecule has 1 N–H and O–H groups in total. The van der Waals surface area contributed by atoms with Crippen molar-refractivity contribution in [2.24, 2.45) is 0 Å². The minimum absolute atomic E-state index is 0.127. The van der Waals surface area contributed by atoms with Gasteiger partial charge in [-0.15, -0.1) is 11.3 Å². The van der Waals surface area contributed by atoms with Crippen LogP contribution in [0.4, 0.5) is 0 Å². The Hall–Kier alpha value is -1.13. The van der Waals surface area contributed by atoms with Crippen LogP contribution in [-0.4, -0.2) is 9.97 Å². The fraction of sp³-hybridized carbons (Fsp3) is 0.273. The predicted octanol–water partition coefficient (Wildman–Crippen LogP) is 3.28. The summed E-state index contributed by atoms with van der Waals surface area (Å²) in [6.45, 7) is 3.98. The Morgan fingerprint density at radius 1 is 1.44 bits per heavy atom. The molecular weight excluding hydrogens is 244 g/mol. The number of hydrogen-bond donors (Lipinski definition) is 1. The number of thiophene rings is 1. The quantitative estimate of drug-likeness (QED) is 0.894. The average Bonchev–Trinajstić information content (AvgIpc) is 2.64. The van der Waals surface area contributed by atoms with Crippen molar-refractivity contribution in [3.05, 3.63) is 38.7 Å². The van der Waals surface area contributed by atoms with Crippen LogP contribution in [0.1, 0.15) is 25.6 Å². The normalized spacial score (nSPS) is 11.0. The molecule has 0 unspecified atom stereocenters. The molecule has 2 rings (SSSR count). The summed E-state index contributed by atoms with van der Waals surface area (Å²) < 4.78 is 0.697. The third-order valence-electron chi connectivity index (χ3n) is 2.13. The fourth-order valence-corrected chi connectivity index (χ4v) is 2.33. The first-order chi connectivity index (χ1) is 7.56. The van der Waals surface area contributed by atoms with E-state index >= 15 is 0 Å². The zero-order valence-electron chi connectivity index (χ0n) is 8.95. The highest BCUT2D eigenvalue weighted by molar-refractivity contribution is 7.19. The lowest BCUT2D eigenvalue weighted by atomic mass is 10.2. The van der Waals surface area contributed by atoms with Crippen LogP contribution >= 0.6 is 22.9 Å². The maximum atomic E-state index is 11.5. The van der Waals surface area contributed by atoms with Crippen molar-refractivity contribution in [2.45, 2.75) is 19.8 Å². The van der Waals surface area contributed by atoms with Crippen molar-refractivity contribution in [3.63, 3.8) is 0 Å². The number of H-pyrrole nitrogens is 1. The predicted molar refractivity (Wildman–Crippen MR) is 67.3 cm³/mol. The maximum Gasteiger partial charge on any atom is 0.251 e. The lowest BCUT2D eigenvalue weighted by molar-refractivity contribution is 0.769. The van der Waals surface area contributed by atoms with E-state index < -0.39 is 0 Å². The highest BCUT2D eigenvalue weighted by atomic mass is 35.5. The minimum Gasteiger partial charge on any atom is -0.310 e. The van der Waals surface area contributed by atoms with E-state index in [-0.39, 0.29) is 11.5 Å². The summed E-state index contributed by atoms with van der Waals surface area (Å²) >= 11 is 7.28. The molecule has 3 nitrogen and oxygen atoms in total. The van der Waals surface area contributed by atoms with E-state index in [2.05, 4.69) is 9.97 Å². The monoisotopic (exact) mass is 254 g/mol. The summed E-state index contributed by atoms with van der Waals surface area (Å²) in [5, 5.41) is 0. The van der Waals surface area contributed by atoms with Crippen LogP contribution in [0, 0.1) is 0 Å². The molecule has 0 aromatic carbocycles. The first-order valence-electron chi connectivity index (χ1n) is 4.93. The third kappa shape index (κ3) is 2.33. The molecule has 2 heterocycles. The molecule has 0 bridgehead atoms. The lowest BCUT2D eigenvalue weighted by Gasteiger charge is -2.05. The highest BCUT2D eigenvalue weighted by Gasteiger charge is 2.08. The summed E-state index contributed by atoms with van der Waals surface area (Å²) in [4.78, 5) is 19.5. The van der Waals surface area contributed by atoms with Crippen LogP contribution in [0.15, 0.2) is 23.0 Å². The van der Waals surface area contributed by atoms with Crippen LogP contribution in [0.25, 0.3) is 10.6 Å². The Balaban J connectivity index is 2.53. The van der Waals surface area contributed by atoms with Crippen molar-refractivity contribution in [2.75, 3.05) is 0 Å². The van der Waals surface area contributed by atoms with Crippen molar-refractivity contribution < 1.29 is 0 Å². The number of nitrogens with zero attached hydrogens (tertiary/aromatic N) is 1. The van der Waals surface area contributed by atoms with Gasteiger partial charge < -0.3 is 4.98 Å². The van der Waals surface area contributed by atoms with Gasteiger partial charge in [-0.1, -0.05) is 25.4 Å². The minimum atomic E-state index is -0.127. The van der Waals surface area contributed by atoms with Gasteiger partial charge in [0.2, 0.25) is 0 Å². The van der Waals surface area contributed by atoms with Crippen LogP contribution in [0.5, 0.6) is 0 Å². The second-order valence-electron chi connectivity index (χ2n) is 3.77. The SMILES string of the molecule is CC(C)c1nc(-c2ccc(Cl)s2)cc(=O)[nH]1. The van der Waals surface area contributed by atoms with Crippen LogP contribution in [-0.2, 0) is 0 Å². The van der Waals surface area contributed by atoms with E-state index in [9.17, 15) is 4.79 Å². The highest BCUT2D eigenvalue weighted by Crippen LogP contribution is 2.29. The second kappa shape index (κ2) is 4.39. The number of nitrogens with one attached hydrogen (secondary N) is 1. The second-order valence-corrected chi connectivity index (χ2v) is 5.49. The molecule has 0 aliphatic rings.